The van der Waals surface area contributed by atoms with Gasteiger partial charge in [0.2, 0.25) is 0 Å². The van der Waals surface area contributed by atoms with Gasteiger partial charge in [-0.2, -0.15) is 5.10 Å². The van der Waals surface area contributed by atoms with Gasteiger partial charge >= 0.3 is 0 Å². The van der Waals surface area contributed by atoms with E-state index in [0.29, 0.717) is 6.54 Å². The highest BCUT2D eigenvalue weighted by Crippen LogP contribution is 2.28. The van der Waals surface area contributed by atoms with Gasteiger partial charge in [0.05, 0.1) is 23.4 Å². The Morgan fingerprint density at radius 3 is 2.69 bits per heavy atom. The number of aromatic amines is 1. The number of benzene rings is 2. The lowest BCUT2D eigenvalue weighted by molar-refractivity contribution is 0.855. The Morgan fingerprint density at radius 2 is 1.92 bits per heavy atom. The van der Waals surface area contributed by atoms with Gasteiger partial charge in [0.15, 0.2) is 0 Å². The number of aryl methyl sites for hydroxylation is 1. The quantitative estimate of drug-likeness (QED) is 0.554. The molecular weight excluding hydrogens is 320 g/mol. The predicted octanol–water partition coefficient (Wildman–Crippen LogP) is 4.69. The van der Waals surface area contributed by atoms with Crippen LogP contribution in [0.25, 0.3) is 27.9 Å². The molecule has 0 spiro atoms. The number of hydrogen-bond donors (Lipinski definition) is 2. The summed E-state index contributed by atoms with van der Waals surface area (Å²) in [7, 11) is 0. The Morgan fingerprint density at radius 1 is 1.08 bits per heavy atom. The lowest BCUT2D eigenvalue weighted by atomic mass is 10.0. The Balaban J connectivity index is 1.61. The third-order valence-corrected chi connectivity index (χ3v) is 4.45. The Bertz CT molecular complexity index is 1050. The molecule has 2 aromatic carbocycles. The van der Waals surface area contributed by atoms with Crippen LogP contribution < -0.4 is 5.32 Å². The minimum atomic E-state index is 0.647. The van der Waals surface area contributed by atoms with Crippen LogP contribution in [-0.2, 0) is 6.54 Å². The average molecular weight is 340 g/mol. The van der Waals surface area contributed by atoms with Gasteiger partial charge in [-0.15, -0.1) is 0 Å². The van der Waals surface area contributed by atoms with Gasteiger partial charge in [0.25, 0.3) is 0 Å². The number of pyridine rings is 1. The summed E-state index contributed by atoms with van der Waals surface area (Å²) in [4.78, 5) is 4.33. The number of nitrogens with zero attached hydrogens (tertiary/aromatic N) is 2. The summed E-state index contributed by atoms with van der Waals surface area (Å²) in [5, 5.41) is 12.1. The molecule has 4 nitrogen and oxygen atoms in total. The molecule has 0 radical (unpaired) electrons. The molecular formula is C22H20N4. The molecule has 0 aliphatic rings. The smallest absolute Gasteiger partial charge is 0.0999 e. The minimum absolute atomic E-state index is 0.647. The fourth-order valence-electron chi connectivity index (χ4n) is 2.94. The first-order valence-corrected chi connectivity index (χ1v) is 8.59. The summed E-state index contributed by atoms with van der Waals surface area (Å²) < 4.78 is 0. The molecule has 4 heteroatoms. The fourth-order valence-corrected chi connectivity index (χ4v) is 2.94. The third kappa shape index (κ3) is 3.22. The van der Waals surface area contributed by atoms with Crippen LogP contribution in [0.5, 0.6) is 0 Å². The summed E-state index contributed by atoms with van der Waals surface area (Å²) in [6, 6.07) is 20.5. The summed E-state index contributed by atoms with van der Waals surface area (Å²) in [6.45, 7) is 6.91. The van der Waals surface area contributed by atoms with Crippen molar-refractivity contribution < 1.29 is 0 Å². The molecule has 2 aromatic heterocycles. The molecule has 0 unspecified atom stereocenters. The summed E-state index contributed by atoms with van der Waals surface area (Å²) in [5.74, 6) is 0. The SMILES string of the molecule is C=C(NCc1ccccn1)c1ccc2[nH]nc(-c3ccc(C)cc3)c2c1. The lowest BCUT2D eigenvalue weighted by Gasteiger charge is -2.10. The minimum Gasteiger partial charge on any atom is -0.379 e. The molecule has 0 atom stereocenters. The first kappa shape index (κ1) is 16.1. The first-order chi connectivity index (χ1) is 12.7. The van der Waals surface area contributed by atoms with Crippen LogP contribution in [0.2, 0.25) is 0 Å². The maximum atomic E-state index is 4.50. The molecule has 0 aliphatic carbocycles. The van der Waals surface area contributed by atoms with E-state index in [9.17, 15) is 0 Å². The Kier molecular flexibility index (Phi) is 4.23. The van der Waals surface area contributed by atoms with Crippen LogP contribution in [0.4, 0.5) is 0 Å². The van der Waals surface area contributed by atoms with Gasteiger partial charge in [0, 0.05) is 22.8 Å². The van der Waals surface area contributed by atoms with Crippen LogP contribution in [-0.4, -0.2) is 15.2 Å². The standard InChI is InChI=1S/C22H20N4/c1-15-6-8-17(9-7-15)22-20-13-18(10-11-21(20)25-26-22)16(2)24-14-19-5-3-4-12-23-19/h3-13,24H,2,14H2,1H3,(H,25,26). The largest absolute Gasteiger partial charge is 0.379 e. The maximum absolute atomic E-state index is 4.50. The van der Waals surface area contributed by atoms with E-state index in [1.165, 1.54) is 5.56 Å². The second-order valence-corrected chi connectivity index (χ2v) is 6.35. The van der Waals surface area contributed by atoms with Crippen molar-refractivity contribution in [3.05, 3.63) is 90.3 Å². The molecule has 4 aromatic rings. The van der Waals surface area contributed by atoms with Gasteiger partial charge in [0.1, 0.15) is 0 Å². The number of fused-ring (bicyclic) bond motifs is 1. The molecule has 0 aliphatic heterocycles. The molecule has 2 heterocycles. The van der Waals surface area contributed by atoms with Crippen molar-refractivity contribution in [1.29, 1.82) is 0 Å². The van der Waals surface area contributed by atoms with Gasteiger partial charge in [-0.05, 0) is 36.8 Å². The van der Waals surface area contributed by atoms with E-state index in [1.54, 1.807) is 6.20 Å². The van der Waals surface area contributed by atoms with Gasteiger partial charge < -0.3 is 5.32 Å². The molecule has 0 saturated carbocycles. The highest BCUT2D eigenvalue weighted by atomic mass is 15.1. The van der Waals surface area contributed by atoms with Crippen molar-refractivity contribution in [2.45, 2.75) is 13.5 Å². The molecule has 128 valence electrons. The van der Waals surface area contributed by atoms with Crippen LogP contribution in [0, 0.1) is 6.92 Å². The van der Waals surface area contributed by atoms with Crippen LogP contribution in [0.3, 0.4) is 0 Å². The first-order valence-electron chi connectivity index (χ1n) is 8.59. The second-order valence-electron chi connectivity index (χ2n) is 6.35. The van der Waals surface area contributed by atoms with Crippen LogP contribution in [0.1, 0.15) is 16.8 Å². The number of rotatable bonds is 5. The highest BCUT2D eigenvalue weighted by molar-refractivity contribution is 5.94. The zero-order chi connectivity index (χ0) is 17.9. The Labute approximate surface area is 152 Å². The predicted molar refractivity (Wildman–Crippen MR) is 106 cm³/mol. The van der Waals surface area contributed by atoms with Gasteiger partial charge in [-0.25, -0.2) is 0 Å². The highest BCUT2D eigenvalue weighted by Gasteiger charge is 2.10. The average Bonchev–Trinajstić information content (AvgIpc) is 3.11. The molecule has 0 saturated heterocycles. The maximum Gasteiger partial charge on any atom is 0.0999 e. The van der Waals surface area contributed by atoms with Crippen molar-refractivity contribution >= 4 is 16.6 Å². The van der Waals surface area contributed by atoms with E-state index >= 15 is 0 Å². The van der Waals surface area contributed by atoms with Gasteiger partial charge in [-0.3, -0.25) is 10.1 Å². The van der Waals surface area contributed by atoms with E-state index < -0.39 is 0 Å². The fraction of sp³-hybridized carbons (Fsp3) is 0.0909. The van der Waals surface area contributed by atoms with E-state index in [1.807, 2.05) is 30.3 Å². The topological polar surface area (TPSA) is 53.6 Å². The molecule has 0 bridgehead atoms. The summed E-state index contributed by atoms with van der Waals surface area (Å²) >= 11 is 0. The van der Waals surface area contributed by atoms with Crippen molar-refractivity contribution in [3.8, 4) is 11.3 Å². The van der Waals surface area contributed by atoms with E-state index in [-0.39, 0.29) is 0 Å². The molecule has 4 rings (SSSR count). The monoisotopic (exact) mass is 340 g/mol. The number of aromatic nitrogens is 3. The summed E-state index contributed by atoms with van der Waals surface area (Å²) in [6.07, 6.45) is 1.80. The zero-order valence-electron chi connectivity index (χ0n) is 14.7. The number of H-pyrrole nitrogens is 1. The molecule has 0 amide bonds. The molecule has 26 heavy (non-hydrogen) atoms. The summed E-state index contributed by atoms with van der Waals surface area (Å²) in [5.41, 5.74) is 7.21. The van der Waals surface area contributed by atoms with E-state index in [4.69, 9.17) is 0 Å². The number of nitrogens with one attached hydrogen (secondary N) is 2. The van der Waals surface area contributed by atoms with E-state index in [0.717, 1.165) is 39.1 Å². The normalized spacial score (nSPS) is 10.8. The van der Waals surface area contributed by atoms with Crippen LogP contribution in [0.15, 0.2) is 73.4 Å². The van der Waals surface area contributed by atoms with Crippen molar-refractivity contribution in [2.75, 3.05) is 0 Å². The molecule has 0 fully saturated rings. The number of hydrogen-bond acceptors (Lipinski definition) is 3. The van der Waals surface area contributed by atoms with Crippen molar-refractivity contribution in [2.24, 2.45) is 0 Å². The Hall–Kier alpha value is -3.40. The van der Waals surface area contributed by atoms with Crippen LogP contribution >= 0.6 is 0 Å². The zero-order valence-corrected chi connectivity index (χ0v) is 14.7. The van der Waals surface area contributed by atoms with Gasteiger partial charge in [-0.1, -0.05) is 48.5 Å². The third-order valence-electron chi connectivity index (χ3n) is 4.45. The van der Waals surface area contributed by atoms with Crippen molar-refractivity contribution in [1.82, 2.24) is 20.5 Å². The van der Waals surface area contributed by atoms with Crippen molar-refractivity contribution in [3.63, 3.8) is 0 Å². The van der Waals surface area contributed by atoms with E-state index in [2.05, 4.69) is 64.3 Å². The molecule has 2 N–H and O–H groups in total. The lowest BCUT2D eigenvalue weighted by Crippen LogP contribution is -2.11. The second kappa shape index (κ2) is 6.84.